The standard InChI is InChI=1S/C15H21NO/c1-6-10(2)16-11(3)7-12-13(16)8-15(4,5)9-14(12)17/h1,7,10,14,17H,8-9H2,2-5H3. The summed E-state index contributed by atoms with van der Waals surface area (Å²) in [6.45, 7) is 8.49. The van der Waals surface area contributed by atoms with E-state index in [1.165, 1.54) is 5.69 Å². The topological polar surface area (TPSA) is 25.2 Å². The smallest absolute Gasteiger partial charge is 0.0915 e. The van der Waals surface area contributed by atoms with Crippen molar-refractivity contribution in [3.8, 4) is 12.3 Å². The zero-order chi connectivity index (χ0) is 12.8. The molecule has 0 bridgehead atoms. The van der Waals surface area contributed by atoms with E-state index in [9.17, 15) is 5.11 Å². The number of hydrogen-bond acceptors (Lipinski definition) is 1. The molecule has 0 radical (unpaired) electrons. The van der Waals surface area contributed by atoms with Crippen LogP contribution in [-0.2, 0) is 6.42 Å². The van der Waals surface area contributed by atoms with Gasteiger partial charge in [-0.25, -0.2) is 0 Å². The number of aryl methyl sites for hydroxylation is 1. The van der Waals surface area contributed by atoms with Gasteiger partial charge in [-0.15, -0.1) is 6.42 Å². The average molecular weight is 231 g/mol. The summed E-state index contributed by atoms with van der Waals surface area (Å²) in [5, 5.41) is 10.2. The molecule has 2 rings (SSSR count). The van der Waals surface area contributed by atoms with Crippen LogP contribution in [0, 0.1) is 24.7 Å². The lowest BCUT2D eigenvalue weighted by atomic mass is 9.75. The van der Waals surface area contributed by atoms with Gasteiger partial charge in [-0.3, -0.25) is 0 Å². The van der Waals surface area contributed by atoms with Crippen LogP contribution in [0.25, 0.3) is 0 Å². The van der Waals surface area contributed by atoms with Gasteiger partial charge in [0.25, 0.3) is 0 Å². The summed E-state index contributed by atoms with van der Waals surface area (Å²) >= 11 is 0. The van der Waals surface area contributed by atoms with E-state index < -0.39 is 0 Å². The molecule has 0 saturated carbocycles. The molecule has 2 heteroatoms. The molecule has 0 saturated heterocycles. The lowest BCUT2D eigenvalue weighted by Gasteiger charge is -2.34. The number of fused-ring (bicyclic) bond motifs is 1. The predicted octanol–water partition coefficient (Wildman–Crippen LogP) is 3.00. The van der Waals surface area contributed by atoms with Crippen molar-refractivity contribution in [2.45, 2.75) is 52.7 Å². The molecule has 17 heavy (non-hydrogen) atoms. The zero-order valence-electron chi connectivity index (χ0n) is 11.1. The van der Waals surface area contributed by atoms with Gasteiger partial charge in [0.1, 0.15) is 0 Å². The van der Waals surface area contributed by atoms with E-state index in [0.29, 0.717) is 0 Å². The molecule has 0 amide bonds. The molecule has 0 spiro atoms. The minimum Gasteiger partial charge on any atom is -0.388 e. The highest BCUT2D eigenvalue weighted by atomic mass is 16.3. The van der Waals surface area contributed by atoms with Gasteiger partial charge in [0.05, 0.1) is 12.1 Å². The van der Waals surface area contributed by atoms with E-state index in [-0.39, 0.29) is 17.6 Å². The molecule has 1 aromatic heterocycles. The number of nitrogens with zero attached hydrogens (tertiary/aromatic N) is 1. The summed E-state index contributed by atoms with van der Waals surface area (Å²) in [7, 11) is 0. The first-order valence-corrected chi connectivity index (χ1v) is 6.20. The zero-order valence-corrected chi connectivity index (χ0v) is 11.1. The van der Waals surface area contributed by atoms with Crippen LogP contribution in [0.5, 0.6) is 0 Å². The first-order valence-electron chi connectivity index (χ1n) is 6.20. The molecule has 92 valence electrons. The van der Waals surface area contributed by atoms with Crippen molar-refractivity contribution in [2.24, 2.45) is 5.41 Å². The van der Waals surface area contributed by atoms with E-state index in [1.807, 2.05) is 6.92 Å². The Morgan fingerprint density at radius 1 is 1.59 bits per heavy atom. The molecule has 0 aromatic carbocycles. The minimum absolute atomic E-state index is 0.0554. The third-order valence-electron chi connectivity index (χ3n) is 3.75. The number of aliphatic hydroxyl groups is 1. The molecule has 2 unspecified atom stereocenters. The van der Waals surface area contributed by atoms with Crippen LogP contribution in [0.1, 0.15) is 56.3 Å². The summed E-state index contributed by atoms with van der Waals surface area (Å²) in [6.07, 6.45) is 7.00. The van der Waals surface area contributed by atoms with Crippen LogP contribution in [0.4, 0.5) is 0 Å². The first kappa shape index (κ1) is 12.3. The quantitative estimate of drug-likeness (QED) is 0.738. The van der Waals surface area contributed by atoms with Crippen molar-refractivity contribution in [3.63, 3.8) is 0 Å². The lowest BCUT2D eigenvalue weighted by molar-refractivity contribution is 0.0978. The van der Waals surface area contributed by atoms with Crippen molar-refractivity contribution in [3.05, 3.63) is 23.0 Å². The van der Waals surface area contributed by atoms with Gasteiger partial charge in [-0.05, 0) is 38.2 Å². The van der Waals surface area contributed by atoms with Gasteiger partial charge in [0, 0.05) is 17.0 Å². The number of aliphatic hydroxyl groups excluding tert-OH is 1. The maximum Gasteiger partial charge on any atom is 0.0915 e. The fraction of sp³-hybridized carbons (Fsp3) is 0.600. The molecule has 1 heterocycles. The molecule has 1 N–H and O–H groups in total. The predicted molar refractivity (Wildman–Crippen MR) is 69.8 cm³/mol. The summed E-state index contributed by atoms with van der Waals surface area (Å²) in [5.41, 5.74) is 3.58. The maximum absolute atomic E-state index is 10.2. The van der Waals surface area contributed by atoms with Crippen molar-refractivity contribution in [1.82, 2.24) is 4.57 Å². The molecular formula is C15H21NO. The molecule has 2 atom stereocenters. The van der Waals surface area contributed by atoms with E-state index in [1.54, 1.807) is 0 Å². The third kappa shape index (κ3) is 2.00. The molecular weight excluding hydrogens is 210 g/mol. The van der Waals surface area contributed by atoms with Crippen molar-refractivity contribution >= 4 is 0 Å². The van der Waals surface area contributed by atoms with Crippen LogP contribution in [-0.4, -0.2) is 9.67 Å². The van der Waals surface area contributed by atoms with Gasteiger partial charge in [-0.1, -0.05) is 19.8 Å². The number of terminal acetylenes is 1. The SMILES string of the molecule is C#CC(C)n1c(C)cc2c1CC(C)(C)CC2O. The van der Waals surface area contributed by atoms with Gasteiger partial charge in [-0.2, -0.15) is 0 Å². The van der Waals surface area contributed by atoms with Crippen molar-refractivity contribution in [2.75, 3.05) is 0 Å². The number of rotatable bonds is 1. The molecule has 1 aromatic rings. The van der Waals surface area contributed by atoms with Crippen LogP contribution in [0.2, 0.25) is 0 Å². The Morgan fingerprint density at radius 2 is 2.24 bits per heavy atom. The Hall–Kier alpha value is -1.20. The number of aromatic nitrogens is 1. The van der Waals surface area contributed by atoms with Crippen molar-refractivity contribution < 1.29 is 5.11 Å². The minimum atomic E-state index is -0.348. The van der Waals surface area contributed by atoms with Gasteiger partial charge >= 0.3 is 0 Å². The second kappa shape index (κ2) is 3.92. The Morgan fingerprint density at radius 3 is 2.82 bits per heavy atom. The lowest BCUT2D eigenvalue weighted by Crippen LogP contribution is -2.27. The van der Waals surface area contributed by atoms with Crippen LogP contribution in [0.15, 0.2) is 6.07 Å². The van der Waals surface area contributed by atoms with Crippen LogP contribution < -0.4 is 0 Å². The number of hydrogen-bond donors (Lipinski definition) is 1. The third-order valence-corrected chi connectivity index (χ3v) is 3.75. The average Bonchev–Trinajstić information content (AvgIpc) is 2.52. The highest BCUT2D eigenvalue weighted by molar-refractivity contribution is 5.34. The normalized spacial score (nSPS) is 23.9. The van der Waals surface area contributed by atoms with E-state index in [2.05, 4.69) is 37.3 Å². The Bertz CT molecular complexity index is 476. The van der Waals surface area contributed by atoms with E-state index >= 15 is 0 Å². The highest BCUT2D eigenvalue weighted by Gasteiger charge is 2.34. The Balaban J connectivity index is 2.55. The summed E-state index contributed by atoms with van der Waals surface area (Å²) in [5.74, 6) is 2.78. The largest absolute Gasteiger partial charge is 0.388 e. The summed E-state index contributed by atoms with van der Waals surface area (Å²) < 4.78 is 2.19. The summed E-state index contributed by atoms with van der Waals surface area (Å²) in [6, 6.07) is 2.14. The van der Waals surface area contributed by atoms with E-state index in [4.69, 9.17) is 6.42 Å². The molecule has 1 aliphatic carbocycles. The molecule has 2 nitrogen and oxygen atoms in total. The highest BCUT2D eigenvalue weighted by Crippen LogP contribution is 2.42. The molecule has 0 aliphatic heterocycles. The van der Waals surface area contributed by atoms with Crippen LogP contribution in [0.3, 0.4) is 0 Å². The van der Waals surface area contributed by atoms with E-state index in [0.717, 1.165) is 24.1 Å². The fourth-order valence-corrected chi connectivity index (χ4v) is 2.98. The second-order valence-electron chi connectivity index (χ2n) is 5.96. The molecule has 0 fully saturated rings. The Labute approximate surface area is 104 Å². The second-order valence-corrected chi connectivity index (χ2v) is 5.96. The van der Waals surface area contributed by atoms with Gasteiger partial charge in [0.15, 0.2) is 0 Å². The maximum atomic E-state index is 10.2. The molecule has 1 aliphatic rings. The summed E-state index contributed by atoms with van der Waals surface area (Å²) in [4.78, 5) is 0. The van der Waals surface area contributed by atoms with Crippen LogP contribution >= 0.6 is 0 Å². The van der Waals surface area contributed by atoms with Gasteiger partial charge in [0.2, 0.25) is 0 Å². The fourth-order valence-electron chi connectivity index (χ4n) is 2.98. The monoisotopic (exact) mass is 231 g/mol. The first-order chi connectivity index (χ1) is 7.85. The van der Waals surface area contributed by atoms with Gasteiger partial charge < -0.3 is 9.67 Å². The van der Waals surface area contributed by atoms with Crippen molar-refractivity contribution in [1.29, 1.82) is 0 Å². The Kier molecular flexibility index (Phi) is 2.83.